The number of rotatable bonds is 4. The van der Waals surface area contributed by atoms with Gasteiger partial charge in [0.05, 0.1) is 0 Å². The zero-order valence-corrected chi connectivity index (χ0v) is 22.8. The third-order valence-electron chi connectivity index (χ3n) is 7.90. The zero-order chi connectivity index (χ0) is 27.9. The van der Waals surface area contributed by atoms with Crippen LogP contribution in [0, 0.1) is 0 Å². The quantitative estimate of drug-likeness (QED) is 0.211. The zero-order valence-electron chi connectivity index (χ0n) is 22.8. The molecule has 0 bridgehead atoms. The average Bonchev–Trinajstić information content (AvgIpc) is 3.08. The van der Waals surface area contributed by atoms with Crippen molar-refractivity contribution in [1.82, 2.24) is 15.0 Å². The molecule has 3 nitrogen and oxygen atoms in total. The third-order valence-corrected chi connectivity index (χ3v) is 7.90. The summed E-state index contributed by atoms with van der Waals surface area (Å²) < 4.78 is 0. The van der Waals surface area contributed by atoms with Crippen LogP contribution in [0.1, 0.15) is 0 Å². The number of hydrogen-bond donors (Lipinski definition) is 0. The van der Waals surface area contributed by atoms with Gasteiger partial charge in [0, 0.05) is 16.7 Å². The van der Waals surface area contributed by atoms with Gasteiger partial charge in [0.1, 0.15) is 0 Å². The maximum Gasteiger partial charge on any atom is 0.164 e. The van der Waals surface area contributed by atoms with Crippen LogP contribution in [0.5, 0.6) is 0 Å². The van der Waals surface area contributed by atoms with E-state index in [-0.39, 0.29) is 0 Å². The molecule has 0 radical (unpaired) electrons. The number of nitrogens with zero attached hydrogens (tertiary/aromatic N) is 3. The van der Waals surface area contributed by atoms with Crippen molar-refractivity contribution in [1.29, 1.82) is 0 Å². The molecule has 0 atom stereocenters. The van der Waals surface area contributed by atoms with Gasteiger partial charge in [-0.3, -0.25) is 0 Å². The molecule has 3 heteroatoms. The average molecular weight is 536 g/mol. The Morgan fingerprint density at radius 2 is 0.738 bits per heavy atom. The summed E-state index contributed by atoms with van der Waals surface area (Å²) in [6.07, 6.45) is 0. The second-order valence-electron chi connectivity index (χ2n) is 10.5. The number of hydrogen-bond acceptors (Lipinski definition) is 3. The first kappa shape index (κ1) is 24.2. The Hall–Kier alpha value is -5.67. The smallest absolute Gasteiger partial charge is 0.164 e. The van der Waals surface area contributed by atoms with E-state index >= 15 is 0 Å². The number of aromatic nitrogens is 3. The highest BCUT2D eigenvalue weighted by atomic mass is 15.0. The van der Waals surface area contributed by atoms with Crippen LogP contribution in [-0.4, -0.2) is 15.0 Å². The van der Waals surface area contributed by atoms with E-state index < -0.39 is 0 Å². The van der Waals surface area contributed by atoms with Crippen LogP contribution >= 0.6 is 0 Å². The molecule has 0 amide bonds. The lowest BCUT2D eigenvalue weighted by atomic mass is 9.95. The van der Waals surface area contributed by atoms with E-state index in [4.69, 9.17) is 15.0 Å². The van der Waals surface area contributed by atoms with Crippen molar-refractivity contribution in [3.8, 4) is 45.3 Å². The van der Waals surface area contributed by atoms with Crippen molar-refractivity contribution < 1.29 is 0 Å². The van der Waals surface area contributed by atoms with Crippen LogP contribution in [0.25, 0.3) is 77.6 Å². The summed E-state index contributed by atoms with van der Waals surface area (Å²) in [4.78, 5) is 14.9. The van der Waals surface area contributed by atoms with Crippen molar-refractivity contribution in [2.24, 2.45) is 0 Å². The molecule has 42 heavy (non-hydrogen) atoms. The predicted octanol–water partition coefficient (Wildman–Crippen LogP) is 10.00. The second kappa shape index (κ2) is 10.1. The van der Waals surface area contributed by atoms with Crippen LogP contribution in [0.4, 0.5) is 0 Å². The molecule has 7 aromatic carbocycles. The Morgan fingerprint density at radius 1 is 0.286 bits per heavy atom. The van der Waals surface area contributed by atoms with Gasteiger partial charge in [-0.05, 0) is 49.5 Å². The molecule has 196 valence electrons. The first-order chi connectivity index (χ1) is 20.8. The maximum absolute atomic E-state index is 5.00. The minimum atomic E-state index is 0.656. The van der Waals surface area contributed by atoms with E-state index in [1.165, 1.54) is 32.5 Å². The van der Waals surface area contributed by atoms with Gasteiger partial charge in [-0.15, -0.1) is 0 Å². The standard InChI is InChI=1S/C39H25N3/c1-3-9-26(10-4-1)27-15-20-31(21-16-27)38-40-37(30-12-5-2-6-13-30)41-39(42-38)33-23-24-35-32(25-33)22-19-29-18-17-28-11-7-8-14-34(28)36(29)35/h1-25H. The molecule has 0 unspecified atom stereocenters. The molecular formula is C39H25N3. The normalized spacial score (nSPS) is 11.3. The Morgan fingerprint density at radius 3 is 1.45 bits per heavy atom. The monoisotopic (exact) mass is 535 g/mol. The second-order valence-corrected chi connectivity index (χ2v) is 10.5. The first-order valence-corrected chi connectivity index (χ1v) is 14.1. The molecule has 0 aliphatic rings. The topological polar surface area (TPSA) is 38.7 Å². The van der Waals surface area contributed by atoms with E-state index in [0.29, 0.717) is 17.5 Å². The molecule has 0 saturated heterocycles. The minimum absolute atomic E-state index is 0.656. The highest BCUT2D eigenvalue weighted by Crippen LogP contribution is 2.34. The third kappa shape index (κ3) is 4.29. The maximum atomic E-state index is 5.00. The molecule has 0 saturated carbocycles. The van der Waals surface area contributed by atoms with Gasteiger partial charge in [-0.25, -0.2) is 15.0 Å². The Labute approximate surface area is 243 Å². The van der Waals surface area contributed by atoms with Gasteiger partial charge in [0.25, 0.3) is 0 Å². The summed E-state index contributed by atoms with van der Waals surface area (Å²) in [5, 5.41) is 7.41. The Balaban J connectivity index is 1.28. The van der Waals surface area contributed by atoms with Crippen LogP contribution in [0.2, 0.25) is 0 Å². The summed E-state index contributed by atoms with van der Waals surface area (Å²) >= 11 is 0. The first-order valence-electron chi connectivity index (χ1n) is 14.1. The molecule has 0 aliphatic heterocycles. The summed E-state index contributed by atoms with van der Waals surface area (Å²) in [6, 6.07) is 52.9. The van der Waals surface area contributed by atoms with Gasteiger partial charge in [-0.1, -0.05) is 146 Å². The molecule has 8 aromatic rings. The molecule has 1 heterocycles. The van der Waals surface area contributed by atoms with E-state index in [1.807, 2.05) is 36.4 Å². The Kier molecular flexibility index (Phi) is 5.79. The fourth-order valence-corrected chi connectivity index (χ4v) is 5.77. The van der Waals surface area contributed by atoms with Crippen LogP contribution in [-0.2, 0) is 0 Å². The van der Waals surface area contributed by atoms with Gasteiger partial charge in [0.2, 0.25) is 0 Å². The number of benzene rings is 7. The van der Waals surface area contributed by atoms with Crippen LogP contribution < -0.4 is 0 Å². The highest BCUT2D eigenvalue weighted by Gasteiger charge is 2.14. The predicted molar refractivity (Wildman–Crippen MR) is 174 cm³/mol. The van der Waals surface area contributed by atoms with Crippen molar-refractivity contribution in [2.45, 2.75) is 0 Å². The van der Waals surface area contributed by atoms with Gasteiger partial charge >= 0.3 is 0 Å². The molecule has 0 fully saturated rings. The largest absolute Gasteiger partial charge is 0.208 e. The lowest BCUT2D eigenvalue weighted by Crippen LogP contribution is -2.00. The summed E-state index contributed by atoms with van der Waals surface area (Å²) in [5.74, 6) is 1.97. The van der Waals surface area contributed by atoms with Gasteiger partial charge in [0.15, 0.2) is 17.5 Å². The molecule has 0 spiro atoms. The van der Waals surface area contributed by atoms with E-state index in [0.717, 1.165) is 27.6 Å². The van der Waals surface area contributed by atoms with Gasteiger partial charge < -0.3 is 0 Å². The van der Waals surface area contributed by atoms with Crippen molar-refractivity contribution in [3.05, 3.63) is 152 Å². The molecule has 8 rings (SSSR count). The lowest BCUT2D eigenvalue weighted by molar-refractivity contribution is 1.07. The fraction of sp³-hybridized carbons (Fsp3) is 0. The van der Waals surface area contributed by atoms with Crippen LogP contribution in [0.3, 0.4) is 0 Å². The molecule has 0 aliphatic carbocycles. The van der Waals surface area contributed by atoms with Gasteiger partial charge in [-0.2, -0.15) is 0 Å². The van der Waals surface area contributed by atoms with Crippen molar-refractivity contribution >= 4 is 32.3 Å². The highest BCUT2D eigenvalue weighted by molar-refractivity contribution is 6.20. The summed E-state index contributed by atoms with van der Waals surface area (Å²) in [5.41, 5.74) is 5.21. The van der Waals surface area contributed by atoms with Crippen molar-refractivity contribution in [3.63, 3.8) is 0 Å². The van der Waals surface area contributed by atoms with Crippen LogP contribution in [0.15, 0.2) is 152 Å². The SMILES string of the molecule is c1ccc(-c2ccc(-c3nc(-c4ccccc4)nc(-c4ccc5c(ccc6ccc7ccccc7c65)c4)n3)cc2)cc1. The van der Waals surface area contributed by atoms with Crippen molar-refractivity contribution in [2.75, 3.05) is 0 Å². The Bertz CT molecular complexity index is 2220. The molecule has 0 N–H and O–H groups in total. The van der Waals surface area contributed by atoms with E-state index in [9.17, 15) is 0 Å². The fourth-order valence-electron chi connectivity index (χ4n) is 5.77. The van der Waals surface area contributed by atoms with E-state index in [2.05, 4.69) is 115 Å². The molecule has 1 aromatic heterocycles. The van der Waals surface area contributed by atoms with E-state index in [1.54, 1.807) is 0 Å². The summed E-state index contributed by atoms with van der Waals surface area (Å²) in [7, 11) is 0. The minimum Gasteiger partial charge on any atom is -0.208 e. The number of fused-ring (bicyclic) bond motifs is 5. The summed E-state index contributed by atoms with van der Waals surface area (Å²) in [6.45, 7) is 0. The lowest BCUT2D eigenvalue weighted by Gasteiger charge is -2.11. The molecular weight excluding hydrogens is 510 g/mol.